The predicted octanol–water partition coefficient (Wildman–Crippen LogP) is 4.73. The fraction of sp³-hybridized carbons (Fsp3) is 0.750. The molecule has 2 heteroatoms. The lowest BCUT2D eigenvalue weighted by atomic mass is 9.77. The fourth-order valence-electron chi connectivity index (χ4n) is 2.04. The van der Waals surface area contributed by atoms with Gasteiger partial charge in [-0.3, -0.25) is 0 Å². The first-order valence-electron chi connectivity index (χ1n) is 6.96. The van der Waals surface area contributed by atoms with Crippen molar-refractivity contribution >= 4 is 11.3 Å². The molecule has 0 bridgehead atoms. The molecule has 0 fully saturated rings. The van der Waals surface area contributed by atoms with Gasteiger partial charge in [0.1, 0.15) is 0 Å². The Morgan fingerprint density at radius 2 is 1.83 bits per heavy atom. The zero-order valence-corrected chi connectivity index (χ0v) is 13.7. The monoisotopic (exact) mass is 267 g/mol. The summed E-state index contributed by atoms with van der Waals surface area (Å²) < 4.78 is 0. The lowest BCUT2D eigenvalue weighted by molar-refractivity contribution is 0.203. The van der Waals surface area contributed by atoms with Gasteiger partial charge < -0.3 is 5.32 Å². The Hall–Kier alpha value is -0.340. The summed E-state index contributed by atoms with van der Waals surface area (Å²) >= 11 is 1.88. The molecule has 1 aromatic rings. The van der Waals surface area contributed by atoms with Crippen LogP contribution < -0.4 is 5.32 Å². The number of nitrogens with one attached hydrogen (secondary N) is 1. The van der Waals surface area contributed by atoms with E-state index in [1.807, 2.05) is 11.3 Å². The number of hydrogen-bond donors (Lipinski definition) is 1. The van der Waals surface area contributed by atoms with Crippen molar-refractivity contribution in [1.82, 2.24) is 5.32 Å². The Balaban J connectivity index is 2.51. The van der Waals surface area contributed by atoms with Crippen molar-refractivity contribution in [3.8, 4) is 0 Å². The van der Waals surface area contributed by atoms with Crippen LogP contribution in [0.4, 0.5) is 0 Å². The van der Waals surface area contributed by atoms with Gasteiger partial charge in [0.15, 0.2) is 0 Å². The number of aryl methyl sites for hydroxylation is 1. The molecule has 0 spiro atoms. The summed E-state index contributed by atoms with van der Waals surface area (Å²) in [5.74, 6) is 0.721. The molecule has 0 radical (unpaired) electrons. The number of thiophene rings is 1. The first kappa shape index (κ1) is 15.7. The first-order chi connectivity index (χ1) is 8.18. The van der Waals surface area contributed by atoms with Crippen LogP contribution in [0.2, 0.25) is 0 Å². The molecule has 0 aliphatic heterocycles. The van der Waals surface area contributed by atoms with Gasteiger partial charge >= 0.3 is 0 Å². The maximum atomic E-state index is 3.66. The van der Waals surface area contributed by atoms with Crippen molar-refractivity contribution in [2.45, 2.75) is 59.9 Å². The Morgan fingerprint density at radius 1 is 1.17 bits per heavy atom. The van der Waals surface area contributed by atoms with Crippen LogP contribution >= 0.6 is 11.3 Å². The third kappa shape index (κ3) is 6.01. The van der Waals surface area contributed by atoms with E-state index in [1.54, 1.807) is 0 Å². The molecule has 1 heterocycles. The topological polar surface area (TPSA) is 12.0 Å². The largest absolute Gasteiger partial charge is 0.312 e. The molecule has 0 amide bonds. The van der Waals surface area contributed by atoms with Crippen molar-refractivity contribution in [3.63, 3.8) is 0 Å². The van der Waals surface area contributed by atoms with Crippen LogP contribution in [0.3, 0.4) is 0 Å². The lowest BCUT2D eigenvalue weighted by Gasteiger charge is -2.34. The summed E-state index contributed by atoms with van der Waals surface area (Å²) in [6.07, 6.45) is 2.48. The minimum absolute atomic E-state index is 0.215. The molecular formula is C16H29NS. The smallest absolute Gasteiger partial charge is 0.00966 e. The van der Waals surface area contributed by atoms with E-state index in [0.29, 0.717) is 5.41 Å². The van der Waals surface area contributed by atoms with Gasteiger partial charge in [-0.2, -0.15) is 0 Å². The average Bonchev–Trinajstić information content (AvgIpc) is 2.66. The minimum atomic E-state index is 0.215. The van der Waals surface area contributed by atoms with Gasteiger partial charge in [0.05, 0.1) is 0 Å². The van der Waals surface area contributed by atoms with Crippen molar-refractivity contribution < 1.29 is 0 Å². The molecular weight excluding hydrogens is 238 g/mol. The molecule has 1 aromatic heterocycles. The summed E-state index contributed by atoms with van der Waals surface area (Å²) in [5.41, 5.74) is 0.585. The molecule has 1 nitrogen and oxygen atoms in total. The van der Waals surface area contributed by atoms with Crippen LogP contribution in [0.25, 0.3) is 0 Å². The number of hydrogen-bond acceptors (Lipinski definition) is 2. The molecule has 0 saturated heterocycles. The van der Waals surface area contributed by atoms with E-state index in [4.69, 9.17) is 0 Å². The molecule has 0 aliphatic carbocycles. The average molecular weight is 267 g/mol. The van der Waals surface area contributed by atoms with E-state index in [2.05, 4.69) is 64.4 Å². The zero-order chi connectivity index (χ0) is 13.8. The van der Waals surface area contributed by atoms with Crippen LogP contribution in [-0.4, -0.2) is 12.1 Å². The molecule has 18 heavy (non-hydrogen) atoms. The molecule has 0 aromatic carbocycles. The van der Waals surface area contributed by atoms with Crippen LogP contribution in [0.1, 0.15) is 52.8 Å². The molecule has 0 saturated carbocycles. The fourth-order valence-corrected chi connectivity index (χ4v) is 2.77. The Morgan fingerprint density at radius 3 is 2.28 bits per heavy atom. The van der Waals surface area contributed by atoms with E-state index < -0.39 is 0 Å². The molecule has 1 N–H and O–H groups in total. The van der Waals surface area contributed by atoms with Gasteiger partial charge in [-0.15, -0.1) is 11.3 Å². The Kier molecular flexibility index (Phi) is 5.42. The highest BCUT2D eigenvalue weighted by molar-refractivity contribution is 7.09. The molecule has 0 aliphatic rings. The normalized spacial score (nSPS) is 14.8. The first-order valence-corrected chi connectivity index (χ1v) is 7.84. The van der Waals surface area contributed by atoms with Gasteiger partial charge in [0.25, 0.3) is 0 Å². The second-order valence-electron chi connectivity index (χ2n) is 7.31. The van der Waals surface area contributed by atoms with Crippen LogP contribution in [0.15, 0.2) is 17.5 Å². The van der Waals surface area contributed by atoms with Crippen molar-refractivity contribution in [1.29, 1.82) is 0 Å². The maximum absolute atomic E-state index is 3.66. The molecule has 1 atom stereocenters. The standard InChI is InChI=1S/C16H29NS/c1-15(2,3)13(12-17-16(4,5)6)9-10-14-8-7-11-18-14/h7-8,11,13,17H,9-10,12H2,1-6H3. The van der Waals surface area contributed by atoms with E-state index in [1.165, 1.54) is 17.7 Å². The van der Waals surface area contributed by atoms with Crippen LogP contribution in [0, 0.1) is 11.3 Å². The number of rotatable bonds is 5. The molecule has 1 unspecified atom stereocenters. The lowest BCUT2D eigenvalue weighted by Crippen LogP contribution is -2.42. The third-order valence-corrected chi connectivity index (χ3v) is 4.36. The summed E-state index contributed by atoms with van der Waals surface area (Å²) in [7, 11) is 0. The summed E-state index contributed by atoms with van der Waals surface area (Å²) in [4.78, 5) is 1.51. The third-order valence-electron chi connectivity index (χ3n) is 3.42. The minimum Gasteiger partial charge on any atom is -0.312 e. The van der Waals surface area contributed by atoms with Gasteiger partial charge in [-0.1, -0.05) is 26.8 Å². The highest BCUT2D eigenvalue weighted by Crippen LogP contribution is 2.30. The summed E-state index contributed by atoms with van der Waals surface area (Å²) in [5, 5.41) is 5.84. The van der Waals surface area contributed by atoms with Gasteiger partial charge in [-0.25, -0.2) is 0 Å². The van der Waals surface area contributed by atoms with Crippen molar-refractivity contribution in [3.05, 3.63) is 22.4 Å². The van der Waals surface area contributed by atoms with Gasteiger partial charge in [-0.05, 0) is 62.9 Å². The van der Waals surface area contributed by atoms with Crippen LogP contribution in [0.5, 0.6) is 0 Å². The van der Waals surface area contributed by atoms with Gasteiger partial charge in [0, 0.05) is 10.4 Å². The van der Waals surface area contributed by atoms with Crippen molar-refractivity contribution in [2.75, 3.05) is 6.54 Å². The maximum Gasteiger partial charge on any atom is 0.00966 e. The summed E-state index contributed by atoms with van der Waals surface area (Å²) in [6, 6.07) is 4.40. The molecule has 1 rings (SSSR count). The highest BCUT2D eigenvalue weighted by atomic mass is 32.1. The van der Waals surface area contributed by atoms with Gasteiger partial charge in [0.2, 0.25) is 0 Å². The van der Waals surface area contributed by atoms with E-state index in [0.717, 1.165) is 12.5 Å². The zero-order valence-electron chi connectivity index (χ0n) is 12.8. The van der Waals surface area contributed by atoms with E-state index in [9.17, 15) is 0 Å². The Labute approximate surface area is 117 Å². The Bertz CT molecular complexity index is 327. The second kappa shape index (κ2) is 6.21. The SMILES string of the molecule is CC(C)(C)NCC(CCc1cccs1)C(C)(C)C. The predicted molar refractivity (Wildman–Crippen MR) is 83.3 cm³/mol. The highest BCUT2D eigenvalue weighted by Gasteiger charge is 2.25. The van der Waals surface area contributed by atoms with E-state index in [-0.39, 0.29) is 5.54 Å². The quantitative estimate of drug-likeness (QED) is 0.813. The summed E-state index contributed by atoms with van der Waals surface area (Å²) in [6.45, 7) is 14.9. The van der Waals surface area contributed by atoms with Crippen molar-refractivity contribution in [2.24, 2.45) is 11.3 Å². The van der Waals surface area contributed by atoms with E-state index >= 15 is 0 Å². The second-order valence-corrected chi connectivity index (χ2v) is 8.34. The molecule has 104 valence electrons. The van der Waals surface area contributed by atoms with Crippen LogP contribution in [-0.2, 0) is 6.42 Å².